The van der Waals surface area contributed by atoms with E-state index in [9.17, 15) is 13.2 Å². The molecular formula is C9H17F3N2O. The van der Waals surface area contributed by atoms with Crippen LogP contribution in [-0.2, 0) is 4.74 Å². The first-order valence-electron chi connectivity index (χ1n) is 5.05. The van der Waals surface area contributed by atoms with Crippen LogP contribution in [-0.4, -0.2) is 38.0 Å². The maximum atomic E-state index is 11.8. The van der Waals surface area contributed by atoms with Gasteiger partial charge < -0.3 is 15.8 Å². The zero-order valence-corrected chi connectivity index (χ0v) is 8.57. The predicted octanol–water partition coefficient (Wildman–Crippen LogP) is 1.04. The molecule has 1 fully saturated rings. The molecule has 15 heavy (non-hydrogen) atoms. The van der Waals surface area contributed by atoms with E-state index < -0.39 is 18.1 Å². The third-order valence-corrected chi connectivity index (χ3v) is 2.42. The van der Waals surface area contributed by atoms with Gasteiger partial charge in [0.15, 0.2) is 0 Å². The summed E-state index contributed by atoms with van der Waals surface area (Å²) in [6.07, 6.45) is -3.94. The minimum atomic E-state index is -4.06. The summed E-state index contributed by atoms with van der Waals surface area (Å²) in [5, 5.41) is 2.94. The van der Waals surface area contributed by atoms with Gasteiger partial charge in [0.05, 0.1) is 12.1 Å². The molecule has 0 aromatic heterocycles. The maximum Gasteiger partial charge on any atom is 0.389 e. The number of hydrogen-bond acceptors (Lipinski definition) is 3. The van der Waals surface area contributed by atoms with Crippen LogP contribution in [0.1, 0.15) is 19.3 Å². The highest BCUT2D eigenvalue weighted by Gasteiger charge is 2.30. The fraction of sp³-hybridized carbons (Fsp3) is 1.00. The van der Waals surface area contributed by atoms with Crippen molar-refractivity contribution >= 4 is 0 Å². The van der Waals surface area contributed by atoms with E-state index in [-0.39, 0.29) is 6.42 Å². The van der Waals surface area contributed by atoms with E-state index in [4.69, 9.17) is 10.5 Å². The second-order valence-electron chi connectivity index (χ2n) is 4.06. The van der Waals surface area contributed by atoms with E-state index in [1.807, 2.05) is 0 Å². The van der Waals surface area contributed by atoms with Gasteiger partial charge in [0.2, 0.25) is 0 Å². The number of nitrogens with two attached hydrogens (primary N) is 1. The Kier molecular flexibility index (Phi) is 4.36. The van der Waals surface area contributed by atoms with Crippen molar-refractivity contribution in [3.05, 3.63) is 0 Å². The van der Waals surface area contributed by atoms with Crippen LogP contribution in [0, 0.1) is 0 Å². The van der Waals surface area contributed by atoms with E-state index in [2.05, 4.69) is 5.32 Å². The van der Waals surface area contributed by atoms with Crippen molar-refractivity contribution in [2.75, 3.05) is 26.3 Å². The van der Waals surface area contributed by atoms with Gasteiger partial charge in [-0.15, -0.1) is 0 Å². The molecular weight excluding hydrogens is 209 g/mol. The average molecular weight is 226 g/mol. The van der Waals surface area contributed by atoms with Crippen LogP contribution in [0.3, 0.4) is 0 Å². The Labute approximate surface area is 87.2 Å². The molecule has 0 aliphatic carbocycles. The number of halogens is 3. The van der Waals surface area contributed by atoms with E-state index in [0.29, 0.717) is 26.3 Å². The van der Waals surface area contributed by atoms with E-state index in [1.165, 1.54) is 0 Å². The summed E-state index contributed by atoms with van der Waals surface area (Å²) in [5.74, 6) is 0. The summed E-state index contributed by atoms with van der Waals surface area (Å²) in [6, 6.07) is 0. The molecule has 1 rings (SSSR count). The Morgan fingerprint density at radius 1 is 1.40 bits per heavy atom. The number of alkyl halides is 3. The van der Waals surface area contributed by atoms with Crippen LogP contribution in [0.4, 0.5) is 13.2 Å². The van der Waals surface area contributed by atoms with Gasteiger partial charge in [-0.1, -0.05) is 0 Å². The highest BCUT2D eigenvalue weighted by molar-refractivity contribution is 4.89. The van der Waals surface area contributed by atoms with Gasteiger partial charge in [0.25, 0.3) is 0 Å². The smallest absolute Gasteiger partial charge is 0.379 e. The Morgan fingerprint density at radius 2 is 2.13 bits per heavy atom. The Morgan fingerprint density at radius 3 is 2.67 bits per heavy atom. The molecule has 0 spiro atoms. The minimum Gasteiger partial charge on any atom is -0.379 e. The SMILES string of the molecule is NC1(CNCCCC(F)(F)F)CCOC1. The second-order valence-corrected chi connectivity index (χ2v) is 4.06. The monoisotopic (exact) mass is 226 g/mol. The van der Waals surface area contributed by atoms with E-state index in [0.717, 1.165) is 6.42 Å². The van der Waals surface area contributed by atoms with Crippen LogP contribution in [0.5, 0.6) is 0 Å². The number of ether oxygens (including phenoxy) is 1. The van der Waals surface area contributed by atoms with Gasteiger partial charge in [0.1, 0.15) is 0 Å². The molecule has 0 aromatic carbocycles. The van der Waals surface area contributed by atoms with Crippen molar-refractivity contribution in [2.45, 2.75) is 31.0 Å². The predicted molar refractivity (Wildman–Crippen MR) is 50.5 cm³/mol. The van der Waals surface area contributed by atoms with Crippen molar-refractivity contribution in [1.82, 2.24) is 5.32 Å². The number of nitrogens with one attached hydrogen (secondary N) is 1. The van der Waals surface area contributed by atoms with E-state index >= 15 is 0 Å². The van der Waals surface area contributed by atoms with E-state index in [1.54, 1.807) is 0 Å². The summed E-state index contributed by atoms with van der Waals surface area (Å²) in [7, 11) is 0. The van der Waals surface area contributed by atoms with Crippen molar-refractivity contribution in [3.63, 3.8) is 0 Å². The first kappa shape index (κ1) is 12.7. The summed E-state index contributed by atoms with van der Waals surface area (Å²) in [4.78, 5) is 0. The molecule has 0 radical (unpaired) electrons. The number of hydrogen-bond donors (Lipinski definition) is 2. The Balaban J connectivity index is 2.02. The second kappa shape index (κ2) is 5.14. The van der Waals surface area contributed by atoms with Gasteiger partial charge >= 0.3 is 6.18 Å². The molecule has 3 nitrogen and oxygen atoms in total. The van der Waals surface area contributed by atoms with Gasteiger partial charge in [-0.3, -0.25) is 0 Å². The van der Waals surface area contributed by atoms with Crippen molar-refractivity contribution in [3.8, 4) is 0 Å². The molecule has 0 aromatic rings. The standard InChI is InChI=1S/C9H17F3N2O/c10-9(11,12)2-1-4-14-6-8(13)3-5-15-7-8/h14H,1-7,13H2. The lowest BCUT2D eigenvalue weighted by Crippen LogP contribution is -2.49. The zero-order chi connectivity index (χ0) is 11.4. The Hall–Kier alpha value is -0.330. The third-order valence-electron chi connectivity index (χ3n) is 2.42. The van der Waals surface area contributed by atoms with Crippen LogP contribution >= 0.6 is 0 Å². The average Bonchev–Trinajstić information content (AvgIpc) is 2.50. The van der Waals surface area contributed by atoms with Crippen LogP contribution < -0.4 is 11.1 Å². The lowest BCUT2D eigenvalue weighted by Gasteiger charge is -2.22. The molecule has 6 heteroatoms. The third kappa shape index (κ3) is 5.34. The quantitative estimate of drug-likeness (QED) is 0.688. The highest BCUT2D eigenvalue weighted by Crippen LogP contribution is 2.20. The molecule has 1 unspecified atom stereocenters. The molecule has 1 saturated heterocycles. The fourth-order valence-electron chi connectivity index (χ4n) is 1.51. The lowest BCUT2D eigenvalue weighted by molar-refractivity contribution is -0.135. The van der Waals surface area contributed by atoms with Crippen LogP contribution in [0.15, 0.2) is 0 Å². The lowest BCUT2D eigenvalue weighted by atomic mass is 10.0. The fourth-order valence-corrected chi connectivity index (χ4v) is 1.51. The first-order valence-corrected chi connectivity index (χ1v) is 5.05. The van der Waals surface area contributed by atoms with Crippen LogP contribution in [0.2, 0.25) is 0 Å². The molecule has 0 amide bonds. The molecule has 90 valence electrons. The Bertz CT molecular complexity index is 190. The molecule has 3 N–H and O–H groups in total. The summed E-state index contributed by atoms with van der Waals surface area (Å²) in [5.41, 5.74) is 5.53. The molecule has 1 aliphatic heterocycles. The highest BCUT2D eigenvalue weighted by atomic mass is 19.4. The summed E-state index contributed by atoms with van der Waals surface area (Å²) in [6.45, 7) is 1.99. The topological polar surface area (TPSA) is 47.3 Å². The summed E-state index contributed by atoms with van der Waals surface area (Å²) >= 11 is 0. The molecule has 0 saturated carbocycles. The van der Waals surface area contributed by atoms with Crippen molar-refractivity contribution in [2.24, 2.45) is 5.73 Å². The van der Waals surface area contributed by atoms with Gasteiger partial charge in [-0.2, -0.15) is 13.2 Å². The largest absolute Gasteiger partial charge is 0.389 e. The minimum absolute atomic E-state index is 0.0977. The van der Waals surface area contributed by atoms with Gasteiger partial charge in [-0.25, -0.2) is 0 Å². The summed E-state index contributed by atoms with van der Waals surface area (Å²) < 4.78 is 40.5. The molecule has 1 aliphatic rings. The molecule has 1 heterocycles. The first-order chi connectivity index (χ1) is 6.91. The zero-order valence-electron chi connectivity index (χ0n) is 8.57. The van der Waals surface area contributed by atoms with Crippen molar-refractivity contribution < 1.29 is 17.9 Å². The molecule has 1 atom stereocenters. The normalized spacial score (nSPS) is 27.2. The van der Waals surface area contributed by atoms with Gasteiger partial charge in [-0.05, 0) is 19.4 Å². The van der Waals surface area contributed by atoms with Crippen molar-refractivity contribution in [1.29, 1.82) is 0 Å². The molecule has 0 bridgehead atoms. The van der Waals surface area contributed by atoms with Crippen LogP contribution in [0.25, 0.3) is 0 Å². The maximum absolute atomic E-state index is 11.8. The number of rotatable bonds is 5. The van der Waals surface area contributed by atoms with Gasteiger partial charge in [0, 0.05) is 19.6 Å².